The zero-order valence-electron chi connectivity index (χ0n) is 18.8. The number of fused-ring (bicyclic) bond motifs is 1. The van der Waals surface area contributed by atoms with Gasteiger partial charge in [-0.15, -0.1) is 0 Å². The van der Waals surface area contributed by atoms with E-state index < -0.39 is 22.9 Å². The second kappa shape index (κ2) is 8.36. The summed E-state index contributed by atoms with van der Waals surface area (Å²) < 4.78 is 42.0. The molecular weight excluding hydrogens is 422 g/mol. The predicted octanol–water partition coefficient (Wildman–Crippen LogP) is 1.84. The number of piperidine rings is 1. The normalized spacial score (nSPS) is 19.8. The zero-order valence-corrected chi connectivity index (χ0v) is 18.8. The van der Waals surface area contributed by atoms with Crippen LogP contribution in [0.1, 0.15) is 37.9 Å². The minimum atomic E-state index is -1.91. The van der Waals surface area contributed by atoms with Crippen LogP contribution in [0.2, 0.25) is 0 Å². The minimum absolute atomic E-state index is 0.0135. The van der Waals surface area contributed by atoms with Crippen LogP contribution in [0.15, 0.2) is 12.4 Å². The number of hydrogen-bond donors (Lipinski definition) is 0. The molecule has 0 unspecified atom stereocenters. The number of rotatable bonds is 6. The highest BCUT2D eigenvalue weighted by atomic mass is 19.1. The molecule has 2 aromatic heterocycles. The maximum atomic E-state index is 15.6. The molecule has 32 heavy (non-hydrogen) atoms. The number of halogens is 2. The molecule has 2 aliphatic rings. The first-order chi connectivity index (χ1) is 15.2. The first-order valence-electron chi connectivity index (χ1n) is 10.6. The molecule has 2 aliphatic heterocycles. The van der Waals surface area contributed by atoms with Gasteiger partial charge in [0, 0.05) is 38.6 Å². The zero-order chi connectivity index (χ0) is 23.1. The number of nitrogens with zero attached hydrogens (tertiary/aromatic N) is 6. The van der Waals surface area contributed by atoms with Crippen LogP contribution in [0, 0.1) is 5.82 Å². The van der Waals surface area contributed by atoms with Crippen LogP contribution in [0.25, 0.3) is 5.82 Å². The van der Waals surface area contributed by atoms with Crippen molar-refractivity contribution in [1.29, 1.82) is 0 Å². The van der Waals surface area contributed by atoms with E-state index >= 15 is 4.39 Å². The summed E-state index contributed by atoms with van der Waals surface area (Å²) in [7, 11) is 3.45. The number of amides is 1. The van der Waals surface area contributed by atoms with Crippen LogP contribution >= 0.6 is 0 Å². The van der Waals surface area contributed by atoms with Gasteiger partial charge in [0.2, 0.25) is 0 Å². The Balaban J connectivity index is 1.64. The average molecular weight is 450 g/mol. The number of alkyl halides is 1. The quantitative estimate of drug-likeness (QED) is 0.621. The van der Waals surface area contributed by atoms with Crippen molar-refractivity contribution in [3.63, 3.8) is 0 Å². The van der Waals surface area contributed by atoms with Crippen LogP contribution in [0.3, 0.4) is 0 Å². The van der Waals surface area contributed by atoms with Crippen molar-refractivity contribution in [1.82, 2.24) is 29.5 Å². The molecule has 0 N–H and O–H groups in total. The third kappa shape index (κ3) is 3.83. The maximum absolute atomic E-state index is 15.6. The lowest BCUT2D eigenvalue weighted by Crippen LogP contribution is -2.54. The molecule has 174 valence electrons. The average Bonchev–Trinajstić information content (AvgIpc) is 3.30. The summed E-state index contributed by atoms with van der Waals surface area (Å²) in [5, 5.41) is 4.30. The fraction of sp³-hybridized carbons (Fsp3) is 0.619. The summed E-state index contributed by atoms with van der Waals surface area (Å²) in [4.78, 5) is 24.8. The van der Waals surface area contributed by atoms with Gasteiger partial charge < -0.3 is 19.3 Å². The van der Waals surface area contributed by atoms with Gasteiger partial charge in [0.25, 0.3) is 5.91 Å². The van der Waals surface area contributed by atoms with E-state index in [0.717, 1.165) is 11.8 Å². The molecule has 0 aromatic carbocycles. The summed E-state index contributed by atoms with van der Waals surface area (Å²) in [6.45, 7) is 5.40. The van der Waals surface area contributed by atoms with Crippen molar-refractivity contribution in [3.8, 4) is 11.8 Å². The molecule has 1 amide bonds. The molecule has 11 heteroatoms. The lowest BCUT2D eigenvalue weighted by molar-refractivity contribution is -0.153. The van der Waals surface area contributed by atoms with Crippen molar-refractivity contribution in [3.05, 3.63) is 29.5 Å². The van der Waals surface area contributed by atoms with E-state index in [4.69, 9.17) is 9.47 Å². The van der Waals surface area contributed by atoms with E-state index in [2.05, 4.69) is 15.1 Å². The first kappa shape index (κ1) is 22.5. The highest BCUT2D eigenvalue weighted by Crippen LogP contribution is 2.43. The van der Waals surface area contributed by atoms with Crippen molar-refractivity contribution in [2.24, 2.45) is 0 Å². The van der Waals surface area contributed by atoms with E-state index in [1.165, 1.54) is 16.7 Å². The van der Waals surface area contributed by atoms with Gasteiger partial charge >= 0.3 is 6.01 Å². The van der Waals surface area contributed by atoms with E-state index in [1.807, 2.05) is 25.8 Å². The molecule has 9 nitrogen and oxygen atoms in total. The summed E-state index contributed by atoms with van der Waals surface area (Å²) in [5.41, 5.74) is -1.52. The van der Waals surface area contributed by atoms with Crippen molar-refractivity contribution >= 4 is 5.91 Å². The summed E-state index contributed by atoms with van der Waals surface area (Å²) in [5.74, 6) is -1.32. The van der Waals surface area contributed by atoms with E-state index in [1.54, 1.807) is 6.20 Å². The van der Waals surface area contributed by atoms with Gasteiger partial charge in [0.15, 0.2) is 17.3 Å². The maximum Gasteiger partial charge on any atom is 0.318 e. The molecule has 0 bridgehead atoms. The Hall–Kier alpha value is -2.66. The van der Waals surface area contributed by atoms with Gasteiger partial charge in [-0.1, -0.05) is 0 Å². The second-order valence-electron chi connectivity index (χ2n) is 8.81. The van der Waals surface area contributed by atoms with Gasteiger partial charge in [-0.3, -0.25) is 4.79 Å². The fourth-order valence-corrected chi connectivity index (χ4v) is 4.34. The Morgan fingerprint density at radius 3 is 2.62 bits per heavy atom. The number of ether oxygens (including phenoxy) is 2. The fourth-order valence-electron chi connectivity index (χ4n) is 4.34. The summed E-state index contributed by atoms with van der Waals surface area (Å²) >= 11 is 0. The Kier molecular flexibility index (Phi) is 5.89. The number of carbonyl (C=O) groups is 1. The highest BCUT2D eigenvalue weighted by molar-refractivity contribution is 5.86. The Bertz CT molecular complexity index is 1000. The van der Waals surface area contributed by atoms with Crippen LogP contribution in [-0.2, 0) is 21.6 Å². The molecule has 0 atom stereocenters. The molecule has 0 radical (unpaired) electrons. The van der Waals surface area contributed by atoms with Crippen molar-refractivity contribution < 1.29 is 23.0 Å². The molecule has 1 fully saturated rings. The molecule has 4 rings (SSSR count). The molecule has 0 saturated carbocycles. The first-order valence-corrected chi connectivity index (χ1v) is 10.6. The molecule has 4 heterocycles. The van der Waals surface area contributed by atoms with Crippen molar-refractivity contribution in [2.45, 2.75) is 44.4 Å². The van der Waals surface area contributed by atoms with Crippen LogP contribution in [0.5, 0.6) is 6.01 Å². The van der Waals surface area contributed by atoms with Gasteiger partial charge in [-0.05, 0) is 20.9 Å². The number of hydrogen-bond acceptors (Lipinski definition) is 7. The Morgan fingerprint density at radius 1 is 1.22 bits per heavy atom. The second-order valence-corrected chi connectivity index (χ2v) is 8.81. The SMILES string of the molecule is COCCOc1ncc(F)c(-n2ncc3c2C(C)(C)N(C(=O)C2(F)CCN(C)CC2)C3)n1. The van der Waals surface area contributed by atoms with Gasteiger partial charge in [0.1, 0.15) is 6.61 Å². The summed E-state index contributed by atoms with van der Waals surface area (Å²) in [6, 6.07) is -0.0135. The van der Waals surface area contributed by atoms with Crippen molar-refractivity contribution in [2.75, 3.05) is 40.5 Å². The van der Waals surface area contributed by atoms with Gasteiger partial charge in [-0.2, -0.15) is 10.1 Å². The largest absolute Gasteiger partial charge is 0.461 e. The Labute approximate surface area is 185 Å². The van der Waals surface area contributed by atoms with E-state index in [9.17, 15) is 9.18 Å². The number of carbonyl (C=O) groups excluding carboxylic acids is 1. The molecular formula is C21H28F2N6O3. The van der Waals surface area contributed by atoms with Crippen LogP contribution < -0.4 is 4.74 Å². The molecule has 0 spiro atoms. The third-order valence-corrected chi connectivity index (χ3v) is 6.26. The number of aromatic nitrogens is 4. The minimum Gasteiger partial charge on any atom is -0.461 e. The third-order valence-electron chi connectivity index (χ3n) is 6.26. The monoisotopic (exact) mass is 450 g/mol. The Morgan fingerprint density at radius 2 is 1.94 bits per heavy atom. The molecule has 1 saturated heterocycles. The lowest BCUT2D eigenvalue weighted by atomic mass is 9.90. The predicted molar refractivity (Wildman–Crippen MR) is 111 cm³/mol. The number of methoxy groups -OCH3 is 1. The summed E-state index contributed by atoms with van der Waals surface area (Å²) in [6.07, 6.45) is 2.88. The van der Waals surface area contributed by atoms with Crippen LogP contribution in [0.4, 0.5) is 8.78 Å². The lowest BCUT2D eigenvalue weighted by Gasteiger charge is -2.40. The van der Waals surface area contributed by atoms with E-state index in [0.29, 0.717) is 25.4 Å². The van der Waals surface area contributed by atoms with E-state index in [-0.39, 0.29) is 37.8 Å². The smallest absolute Gasteiger partial charge is 0.318 e. The molecule has 0 aliphatic carbocycles. The number of likely N-dealkylation sites (tertiary alicyclic amines) is 1. The highest BCUT2D eigenvalue weighted by Gasteiger charge is 2.51. The topological polar surface area (TPSA) is 85.6 Å². The molecule has 2 aromatic rings. The standard InChI is InChI=1S/C21H28F2N6O3/c1-20(2)16-14(13-28(20)18(30)21(23)5-7-27(3)8-6-21)11-25-29(16)17-15(22)12-24-19(26-17)32-10-9-31-4/h11-12H,5-10,13H2,1-4H3. The van der Waals surface area contributed by atoms with Crippen LogP contribution in [-0.4, -0.2) is 81.6 Å². The van der Waals surface area contributed by atoms with Gasteiger partial charge in [-0.25, -0.2) is 18.4 Å². The van der Waals surface area contributed by atoms with Gasteiger partial charge in [0.05, 0.1) is 36.8 Å².